The van der Waals surface area contributed by atoms with Crippen LogP contribution >= 0.6 is 11.3 Å². The van der Waals surface area contributed by atoms with Crippen LogP contribution in [0.15, 0.2) is 17.6 Å². The van der Waals surface area contributed by atoms with Crippen molar-refractivity contribution in [2.24, 2.45) is 0 Å². The summed E-state index contributed by atoms with van der Waals surface area (Å²) in [6.07, 6.45) is 2.96. The van der Waals surface area contributed by atoms with E-state index in [1.165, 1.54) is 6.42 Å². The molecule has 0 radical (unpaired) electrons. The fourth-order valence-corrected chi connectivity index (χ4v) is 2.97. The summed E-state index contributed by atoms with van der Waals surface area (Å²) < 4.78 is 0. The van der Waals surface area contributed by atoms with E-state index in [1.807, 2.05) is 12.3 Å². The Morgan fingerprint density at radius 3 is 3.00 bits per heavy atom. The Hall–Kier alpha value is -1.53. The minimum absolute atomic E-state index is 0.517. The fourth-order valence-electron chi connectivity index (χ4n) is 2.44. The van der Waals surface area contributed by atoms with E-state index in [0.29, 0.717) is 5.92 Å². The number of aryl methyl sites for hydroxylation is 1. The first kappa shape index (κ1) is 12.5. The van der Waals surface area contributed by atoms with Crippen molar-refractivity contribution in [3.05, 3.63) is 29.2 Å². The zero-order valence-electron chi connectivity index (χ0n) is 11.1. The van der Waals surface area contributed by atoms with E-state index in [4.69, 9.17) is 0 Å². The molecule has 1 atom stereocenters. The van der Waals surface area contributed by atoms with Gasteiger partial charge in [0.25, 0.3) is 0 Å². The molecule has 1 N–H and O–H groups in total. The molecule has 0 unspecified atom stereocenters. The Kier molecular flexibility index (Phi) is 3.44. The van der Waals surface area contributed by atoms with Crippen LogP contribution < -0.4 is 5.32 Å². The predicted molar refractivity (Wildman–Crippen MR) is 77.0 cm³/mol. The normalized spacial score (nSPS) is 19.8. The number of hydrogen-bond acceptors (Lipinski definition) is 6. The van der Waals surface area contributed by atoms with Crippen molar-refractivity contribution < 1.29 is 0 Å². The smallest absolute Gasteiger partial charge is 0.188 e. The molecule has 5 nitrogen and oxygen atoms in total. The molecule has 0 spiro atoms. The molecule has 0 aliphatic carbocycles. The molecule has 1 fully saturated rings. The maximum absolute atomic E-state index is 4.58. The standard InChI is InChI=1S/C13H17N5S/c1-9-15-11(10-3-5-18(2)8-10)7-12(16-9)17-13-14-4-6-19-13/h4,6-7,10H,3,5,8H2,1-2H3,(H,14,15,16,17)/t10-/m0/s1. The zero-order valence-corrected chi connectivity index (χ0v) is 11.9. The van der Waals surface area contributed by atoms with Gasteiger partial charge in [-0.1, -0.05) is 0 Å². The minimum Gasteiger partial charge on any atom is -0.316 e. The Labute approximate surface area is 116 Å². The van der Waals surface area contributed by atoms with Gasteiger partial charge in [0.2, 0.25) is 0 Å². The summed E-state index contributed by atoms with van der Waals surface area (Å²) in [6, 6.07) is 2.05. The third kappa shape index (κ3) is 2.90. The average molecular weight is 275 g/mol. The lowest BCUT2D eigenvalue weighted by molar-refractivity contribution is 0.410. The van der Waals surface area contributed by atoms with Gasteiger partial charge >= 0.3 is 0 Å². The maximum Gasteiger partial charge on any atom is 0.188 e. The molecular weight excluding hydrogens is 258 g/mol. The Morgan fingerprint density at radius 1 is 1.42 bits per heavy atom. The number of likely N-dealkylation sites (N-methyl/N-ethyl adjacent to an activating group) is 1. The minimum atomic E-state index is 0.517. The van der Waals surface area contributed by atoms with E-state index in [0.717, 1.165) is 35.6 Å². The Balaban J connectivity index is 1.83. The van der Waals surface area contributed by atoms with Crippen molar-refractivity contribution >= 4 is 22.3 Å². The Morgan fingerprint density at radius 2 is 2.32 bits per heavy atom. The van der Waals surface area contributed by atoms with Crippen molar-refractivity contribution in [1.82, 2.24) is 19.9 Å². The summed E-state index contributed by atoms with van der Waals surface area (Å²) in [5.74, 6) is 2.17. The quantitative estimate of drug-likeness (QED) is 0.932. The van der Waals surface area contributed by atoms with Crippen LogP contribution in [-0.4, -0.2) is 40.0 Å². The summed E-state index contributed by atoms with van der Waals surface area (Å²) in [7, 11) is 2.16. The third-order valence-electron chi connectivity index (χ3n) is 3.33. The van der Waals surface area contributed by atoms with Gasteiger partial charge in [-0.15, -0.1) is 11.3 Å². The van der Waals surface area contributed by atoms with Gasteiger partial charge < -0.3 is 10.2 Å². The van der Waals surface area contributed by atoms with E-state index < -0.39 is 0 Å². The van der Waals surface area contributed by atoms with Crippen LogP contribution in [0.1, 0.15) is 23.9 Å². The summed E-state index contributed by atoms with van der Waals surface area (Å²) in [5, 5.41) is 6.06. The summed E-state index contributed by atoms with van der Waals surface area (Å²) in [4.78, 5) is 15.6. The van der Waals surface area contributed by atoms with Crippen molar-refractivity contribution in [2.75, 3.05) is 25.5 Å². The molecule has 100 valence electrons. The molecule has 1 aliphatic rings. The summed E-state index contributed by atoms with van der Waals surface area (Å²) >= 11 is 1.57. The molecule has 19 heavy (non-hydrogen) atoms. The van der Waals surface area contributed by atoms with Crippen LogP contribution in [0, 0.1) is 6.92 Å². The van der Waals surface area contributed by atoms with E-state index in [-0.39, 0.29) is 0 Å². The highest BCUT2D eigenvalue weighted by Gasteiger charge is 2.23. The second-order valence-corrected chi connectivity index (χ2v) is 5.83. The van der Waals surface area contributed by atoms with E-state index in [1.54, 1.807) is 17.5 Å². The average Bonchev–Trinajstić information content (AvgIpc) is 3.00. The third-order valence-corrected chi connectivity index (χ3v) is 4.02. The van der Waals surface area contributed by atoms with Crippen LogP contribution in [0.4, 0.5) is 10.9 Å². The monoisotopic (exact) mass is 275 g/mol. The molecule has 3 heterocycles. The SMILES string of the molecule is Cc1nc(Nc2nccs2)cc([C@H]2CCN(C)C2)n1. The van der Waals surface area contributed by atoms with Crippen LogP contribution in [0.25, 0.3) is 0 Å². The first-order valence-corrected chi connectivity index (χ1v) is 7.29. The molecule has 1 saturated heterocycles. The molecule has 2 aromatic rings. The van der Waals surface area contributed by atoms with Gasteiger partial charge in [0.15, 0.2) is 5.13 Å². The predicted octanol–water partition coefficient (Wildman–Crippen LogP) is 2.40. The molecule has 0 amide bonds. The van der Waals surface area contributed by atoms with Gasteiger partial charge in [0, 0.05) is 30.1 Å². The number of hydrogen-bond donors (Lipinski definition) is 1. The van der Waals surface area contributed by atoms with E-state index in [9.17, 15) is 0 Å². The summed E-state index contributed by atoms with van der Waals surface area (Å²) in [6.45, 7) is 4.16. The molecule has 1 aliphatic heterocycles. The van der Waals surface area contributed by atoms with Crippen LogP contribution in [0.3, 0.4) is 0 Å². The lowest BCUT2D eigenvalue weighted by Gasteiger charge is -2.12. The van der Waals surface area contributed by atoms with Crippen LogP contribution in [-0.2, 0) is 0 Å². The number of aromatic nitrogens is 3. The van der Waals surface area contributed by atoms with E-state index in [2.05, 4.69) is 38.3 Å². The second kappa shape index (κ2) is 5.22. The largest absolute Gasteiger partial charge is 0.316 e. The molecule has 0 aromatic carbocycles. The number of likely N-dealkylation sites (tertiary alicyclic amines) is 1. The van der Waals surface area contributed by atoms with Gasteiger partial charge in [-0.05, 0) is 26.9 Å². The topological polar surface area (TPSA) is 53.9 Å². The van der Waals surface area contributed by atoms with Crippen molar-refractivity contribution in [3.8, 4) is 0 Å². The van der Waals surface area contributed by atoms with Crippen molar-refractivity contribution in [1.29, 1.82) is 0 Å². The molecule has 2 aromatic heterocycles. The molecular formula is C13H17N5S. The maximum atomic E-state index is 4.58. The highest BCUT2D eigenvalue weighted by molar-refractivity contribution is 7.13. The number of nitrogens with zero attached hydrogens (tertiary/aromatic N) is 4. The van der Waals surface area contributed by atoms with E-state index >= 15 is 0 Å². The fraction of sp³-hybridized carbons (Fsp3) is 0.462. The first-order chi connectivity index (χ1) is 9.20. The van der Waals surface area contributed by atoms with Crippen molar-refractivity contribution in [2.45, 2.75) is 19.3 Å². The molecule has 6 heteroatoms. The lowest BCUT2D eigenvalue weighted by Crippen LogP contribution is -2.14. The van der Waals surface area contributed by atoms with Crippen molar-refractivity contribution in [3.63, 3.8) is 0 Å². The zero-order chi connectivity index (χ0) is 13.2. The highest BCUT2D eigenvalue weighted by Crippen LogP contribution is 2.27. The second-order valence-electron chi connectivity index (χ2n) is 4.94. The number of anilines is 2. The molecule has 3 rings (SSSR count). The Bertz CT molecular complexity index is 554. The van der Waals surface area contributed by atoms with Gasteiger partial charge in [-0.25, -0.2) is 15.0 Å². The first-order valence-electron chi connectivity index (χ1n) is 6.41. The lowest BCUT2D eigenvalue weighted by atomic mass is 10.0. The van der Waals surface area contributed by atoms with Gasteiger partial charge in [-0.2, -0.15) is 0 Å². The van der Waals surface area contributed by atoms with Crippen LogP contribution in [0.2, 0.25) is 0 Å². The van der Waals surface area contributed by atoms with Gasteiger partial charge in [0.05, 0.1) is 5.69 Å². The summed E-state index contributed by atoms with van der Waals surface area (Å²) in [5.41, 5.74) is 1.14. The highest BCUT2D eigenvalue weighted by atomic mass is 32.1. The van der Waals surface area contributed by atoms with Gasteiger partial charge in [0.1, 0.15) is 11.6 Å². The number of thiazole rings is 1. The number of rotatable bonds is 3. The number of nitrogens with one attached hydrogen (secondary N) is 1. The molecule has 0 saturated carbocycles. The van der Waals surface area contributed by atoms with Gasteiger partial charge in [-0.3, -0.25) is 0 Å². The molecule has 0 bridgehead atoms. The van der Waals surface area contributed by atoms with Crippen LogP contribution in [0.5, 0.6) is 0 Å².